The zero-order chi connectivity index (χ0) is 13.8. The lowest BCUT2D eigenvalue weighted by atomic mass is 10.1. The molecule has 4 N–H and O–H groups in total. The van der Waals surface area contributed by atoms with E-state index in [0.717, 1.165) is 37.1 Å². The van der Waals surface area contributed by atoms with E-state index in [2.05, 4.69) is 10.6 Å². The van der Waals surface area contributed by atoms with Crippen LogP contribution in [0.15, 0.2) is 12.1 Å². The first kappa shape index (κ1) is 14.0. The maximum atomic E-state index is 11.5. The Labute approximate surface area is 118 Å². The average molecular weight is 282 g/mol. The molecule has 1 amide bonds. The van der Waals surface area contributed by atoms with E-state index >= 15 is 0 Å². The Balaban J connectivity index is 1.72. The van der Waals surface area contributed by atoms with Gasteiger partial charge in [-0.3, -0.25) is 4.79 Å². The van der Waals surface area contributed by atoms with E-state index in [-0.39, 0.29) is 5.91 Å². The third-order valence-corrected chi connectivity index (χ3v) is 3.51. The first-order valence-electron chi connectivity index (χ1n) is 6.65. The number of nitrogen functional groups attached to an aromatic ring is 1. The molecule has 19 heavy (non-hydrogen) atoms. The Bertz CT molecular complexity index is 472. The highest BCUT2D eigenvalue weighted by atomic mass is 35.5. The fourth-order valence-electron chi connectivity index (χ4n) is 1.89. The van der Waals surface area contributed by atoms with Gasteiger partial charge in [0.15, 0.2) is 0 Å². The summed E-state index contributed by atoms with van der Waals surface area (Å²) in [4.78, 5) is 11.5. The van der Waals surface area contributed by atoms with Crippen molar-refractivity contribution in [3.05, 3.63) is 22.7 Å². The van der Waals surface area contributed by atoms with Crippen molar-refractivity contribution in [2.24, 2.45) is 0 Å². The molecule has 5 heteroatoms. The third-order valence-electron chi connectivity index (χ3n) is 3.18. The van der Waals surface area contributed by atoms with Crippen molar-refractivity contribution in [3.8, 4) is 0 Å². The minimum Gasteiger partial charge on any atom is -0.398 e. The highest BCUT2D eigenvalue weighted by Crippen LogP contribution is 2.26. The molecule has 0 heterocycles. The van der Waals surface area contributed by atoms with Crippen LogP contribution in [0.25, 0.3) is 0 Å². The van der Waals surface area contributed by atoms with Crippen LogP contribution in [0.3, 0.4) is 0 Å². The molecule has 0 aromatic heterocycles. The van der Waals surface area contributed by atoms with Crippen LogP contribution in [-0.2, 0) is 4.79 Å². The molecule has 0 atom stereocenters. The number of nitrogens with two attached hydrogens (primary N) is 1. The molecule has 1 aliphatic rings. The Hall–Kier alpha value is -1.42. The largest absolute Gasteiger partial charge is 0.398 e. The average Bonchev–Trinajstić information content (AvgIpc) is 3.14. The topological polar surface area (TPSA) is 67.1 Å². The number of carbonyl (C=O) groups is 1. The third kappa shape index (κ3) is 4.31. The van der Waals surface area contributed by atoms with Crippen LogP contribution in [0.2, 0.25) is 5.02 Å². The molecule has 1 aromatic carbocycles. The lowest BCUT2D eigenvalue weighted by Gasteiger charge is -2.11. The van der Waals surface area contributed by atoms with Gasteiger partial charge in [-0.05, 0) is 43.9 Å². The number of halogens is 1. The summed E-state index contributed by atoms with van der Waals surface area (Å²) in [5, 5.41) is 6.82. The van der Waals surface area contributed by atoms with Gasteiger partial charge >= 0.3 is 0 Å². The zero-order valence-electron chi connectivity index (χ0n) is 11.1. The number of carbonyl (C=O) groups excluding carboxylic acids is 1. The van der Waals surface area contributed by atoms with Gasteiger partial charge in [-0.25, -0.2) is 0 Å². The Morgan fingerprint density at radius 2 is 2.21 bits per heavy atom. The smallest absolute Gasteiger partial charge is 0.220 e. The number of anilines is 2. The van der Waals surface area contributed by atoms with E-state index < -0.39 is 0 Å². The van der Waals surface area contributed by atoms with E-state index in [1.54, 1.807) is 0 Å². The number of nitrogens with one attached hydrogen (secondary N) is 2. The van der Waals surface area contributed by atoms with Gasteiger partial charge in [0.25, 0.3) is 0 Å². The van der Waals surface area contributed by atoms with Crippen molar-refractivity contribution < 1.29 is 4.79 Å². The molecule has 0 unspecified atom stereocenters. The minimum atomic E-state index is 0.149. The van der Waals surface area contributed by atoms with Crippen LogP contribution in [0.1, 0.15) is 31.2 Å². The van der Waals surface area contributed by atoms with Crippen molar-refractivity contribution in [2.75, 3.05) is 17.6 Å². The quantitative estimate of drug-likeness (QED) is 0.555. The Kier molecular flexibility index (Phi) is 4.53. The molecule has 104 valence electrons. The van der Waals surface area contributed by atoms with Crippen LogP contribution >= 0.6 is 11.6 Å². The molecule has 0 spiro atoms. The number of amides is 1. The van der Waals surface area contributed by atoms with Gasteiger partial charge in [-0.1, -0.05) is 11.6 Å². The molecule has 0 saturated heterocycles. The molecule has 0 radical (unpaired) electrons. The van der Waals surface area contributed by atoms with Crippen LogP contribution in [0.5, 0.6) is 0 Å². The molecule has 1 saturated carbocycles. The number of hydrogen-bond acceptors (Lipinski definition) is 3. The van der Waals surface area contributed by atoms with Crippen LogP contribution in [0, 0.1) is 6.92 Å². The van der Waals surface area contributed by atoms with Crippen LogP contribution in [-0.4, -0.2) is 18.5 Å². The van der Waals surface area contributed by atoms with Gasteiger partial charge in [0.05, 0.1) is 10.7 Å². The standard InChI is InChI=1S/C14H20ClN3O/c1-9-7-12(16)11(15)8-13(9)17-6-2-3-14(19)18-10-4-5-10/h7-8,10,17H,2-6,16H2,1H3,(H,18,19). The number of rotatable bonds is 6. The molecule has 2 rings (SSSR count). The normalized spacial score (nSPS) is 14.2. The van der Waals surface area contributed by atoms with Crippen molar-refractivity contribution in [3.63, 3.8) is 0 Å². The maximum absolute atomic E-state index is 11.5. The summed E-state index contributed by atoms with van der Waals surface area (Å²) in [6.45, 7) is 2.73. The molecule has 0 bridgehead atoms. The molecule has 4 nitrogen and oxygen atoms in total. The monoisotopic (exact) mass is 281 g/mol. The van der Waals surface area contributed by atoms with Gasteiger partial charge in [0.1, 0.15) is 0 Å². The number of hydrogen-bond donors (Lipinski definition) is 3. The van der Waals surface area contributed by atoms with E-state index in [1.165, 1.54) is 0 Å². The van der Waals surface area contributed by atoms with Crippen molar-refractivity contribution in [1.82, 2.24) is 5.32 Å². The van der Waals surface area contributed by atoms with Gasteiger partial charge in [-0.15, -0.1) is 0 Å². The summed E-state index contributed by atoms with van der Waals surface area (Å²) in [5.41, 5.74) is 8.35. The highest BCUT2D eigenvalue weighted by molar-refractivity contribution is 6.33. The molecule has 0 aliphatic heterocycles. The lowest BCUT2D eigenvalue weighted by molar-refractivity contribution is -0.121. The van der Waals surface area contributed by atoms with Crippen molar-refractivity contribution in [2.45, 2.75) is 38.6 Å². The predicted octanol–water partition coefficient (Wildman–Crippen LogP) is 2.70. The second-order valence-corrected chi connectivity index (χ2v) is 5.47. The highest BCUT2D eigenvalue weighted by Gasteiger charge is 2.22. The fourth-order valence-corrected chi connectivity index (χ4v) is 2.06. The summed E-state index contributed by atoms with van der Waals surface area (Å²) in [6.07, 6.45) is 3.63. The summed E-state index contributed by atoms with van der Waals surface area (Å²) >= 11 is 5.98. The molecule has 1 aromatic rings. The van der Waals surface area contributed by atoms with E-state index in [9.17, 15) is 4.79 Å². The van der Waals surface area contributed by atoms with Gasteiger partial charge < -0.3 is 16.4 Å². The zero-order valence-corrected chi connectivity index (χ0v) is 11.9. The second-order valence-electron chi connectivity index (χ2n) is 5.06. The first-order valence-corrected chi connectivity index (χ1v) is 7.03. The fraction of sp³-hybridized carbons (Fsp3) is 0.500. The summed E-state index contributed by atoms with van der Waals surface area (Å²) in [6, 6.07) is 4.12. The minimum absolute atomic E-state index is 0.149. The number of benzene rings is 1. The first-order chi connectivity index (χ1) is 9.06. The molecular formula is C14H20ClN3O. The molecule has 1 fully saturated rings. The number of aryl methyl sites for hydroxylation is 1. The van der Waals surface area contributed by atoms with Crippen LogP contribution < -0.4 is 16.4 Å². The molecule has 1 aliphatic carbocycles. The Morgan fingerprint density at radius 3 is 2.89 bits per heavy atom. The molecular weight excluding hydrogens is 262 g/mol. The van der Waals surface area contributed by atoms with Crippen molar-refractivity contribution >= 4 is 28.9 Å². The van der Waals surface area contributed by atoms with E-state index in [0.29, 0.717) is 23.2 Å². The van der Waals surface area contributed by atoms with E-state index in [1.807, 2.05) is 19.1 Å². The summed E-state index contributed by atoms with van der Waals surface area (Å²) in [7, 11) is 0. The van der Waals surface area contributed by atoms with Gasteiger partial charge in [-0.2, -0.15) is 0 Å². The van der Waals surface area contributed by atoms with Gasteiger partial charge in [0.2, 0.25) is 5.91 Å². The Morgan fingerprint density at radius 1 is 1.47 bits per heavy atom. The van der Waals surface area contributed by atoms with Gasteiger partial charge in [0, 0.05) is 24.7 Å². The van der Waals surface area contributed by atoms with E-state index in [4.69, 9.17) is 17.3 Å². The van der Waals surface area contributed by atoms with Crippen molar-refractivity contribution in [1.29, 1.82) is 0 Å². The summed E-state index contributed by atoms with van der Waals surface area (Å²) < 4.78 is 0. The second kappa shape index (κ2) is 6.15. The predicted molar refractivity (Wildman–Crippen MR) is 79.5 cm³/mol. The van der Waals surface area contributed by atoms with Crippen LogP contribution in [0.4, 0.5) is 11.4 Å². The summed E-state index contributed by atoms with van der Waals surface area (Å²) in [5.74, 6) is 0.149. The maximum Gasteiger partial charge on any atom is 0.220 e. The SMILES string of the molecule is Cc1cc(N)c(Cl)cc1NCCCC(=O)NC1CC1. The lowest BCUT2D eigenvalue weighted by Crippen LogP contribution is -2.25.